The van der Waals surface area contributed by atoms with E-state index in [-0.39, 0.29) is 16.9 Å². The van der Waals surface area contributed by atoms with Gasteiger partial charge in [0.2, 0.25) is 0 Å². The lowest BCUT2D eigenvalue weighted by Gasteiger charge is -2.22. The van der Waals surface area contributed by atoms with Gasteiger partial charge in [0, 0.05) is 23.3 Å². The molecule has 0 bridgehead atoms. The Bertz CT molecular complexity index is 561. The van der Waals surface area contributed by atoms with E-state index in [9.17, 15) is 9.18 Å². The van der Waals surface area contributed by atoms with Gasteiger partial charge in [0.25, 0.3) is 5.91 Å². The first kappa shape index (κ1) is 17.5. The third-order valence-electron chi connectivity index (χ3n) is 2.91. The summed E-state index contributed by atoms with van der Waals surface area (Å²) in [5.74, 6) is 4.52. The molecule has 1 aromatic rings. The van der Waals surface area contributed by atoms with Crippen LogP contribution in [0.15, 0.2) is 18.2 Å². The molecule has 0 saturated heterocycles. The average molecular weight is 309 g/mol. The summed E-state index contributed by atoms with van der Waals surface area (Å²) in [4.78, 5) is 12.1. The molecule has 114 valence electrons. The van der Waals surface area contributed by atoms with Crippen molar-refractivity contribution in [2.45, 2.75) is 25.0 Å². The number of aliphatic hydroxyl groups is 1. The molecule has 0 aliphatic heterocycles. The molecular weight excluding hydrogens is 289 g/mol. The molecule has 0 heterocycles. The van der Waals surface area contributed by atoms with Crippen molar-refractivity contribution in [2.24, 2.45) is 0 Å². The Morgan fingerprint density at radius 2 is 2.19 bits per heavy atom. The largest absolute Gasteiger partial charge is 0.395 e. The quantitative estimate of drug-likeness (QED) is 0.821. The molecule has 1 aromatic carbocycles. The summed E-state index contributed by atoms with van der Waals surface area (Å²) in [6, 6.07) is 4.18. The maximum absolute atomic E-state index is 13.8. The number of nitrogens with one attached hydrogen (secondary N) is 1. The molecule has 0 aromatic heterocycles. The van der Waals surface area contributed by atoms with Crippen LogP contribution in [0.3, 0.4) is 0 Å². The van der Waals surface area contributed by atoms with Gasteiger partial charge in [0.05, 0.1) is 12.2 Å². The number of benzene rings is 1. The van der Waals surface area contributed by atoms with Crippen molar-refractivity contribution in [3.63, 3.8) is 0 Å². The van der Waals surface area contributed by atoms with Crippen molar-refractivity contribution in [1.29, 1.82) is 0 Å². The lowest BCUT2D eigenvalue weighted by molar-refractivity contribution is 0.0946. The molecule has 0 atom stereocenters. The number of carbonyl (C=O) groups excluding carboxylic acids is 1. The predicted octanol–water partition coefficient (Wildman–Crippen LogP) is 2.43. The number of thioether (sulfide) groups is 1. The third-order valence-corrected chi connectivity index (χ3v) is 4.16. The lowest BCUT2D eigenvalue weighted by atomic mass is 10.1. The van der Waals surface area contributed by atoms with Gasteiger partial charge in [-0.3, -0.25) is 4.79 Å². The van der Waals surface area contributed by atoms with Gasteiger partial charge < -0.3 is 10.4 Å². The van der Waals surface area contributed by atoms with Crippen LogP contribution in [-0.2, 0) is 0 Å². The van der Waals surface area contributed by atoms with Gasteiger partial charge in [-0.05, 0) is 38.3 Å². The van der Waals surface area contributed by atoms with Crippen LogP contribution >= 0.6 is 11.8 Å². The zero-order valence-corrected chi connectivity index (χ0v) is 13.3. The summed E-state index contributed by atoms with van der Waals surface area (Å²) in [6.07, 6.45) is 2.31. The third kappa shape index (κ3) is 5.78. The minimum atomic E-state index is -0.567. The van der Waals surface area contributed by atoms with Crippen LogP contribution in [0.25, 0.3) is 0 Å². The molecule has 0 saturated carbocycles. The van der Waals surface area contributed by atoms with Gasteiger partial charge in [-0.2, -0.15) is 11.8 Å². The smallest absolute Gasteiger partial charge is 0.254 e. The molecule has 21 heavy (non-hydrogen) atoms. The molecule has 2 N–H and O–H groups in total. The fourth-order valence-electron chi connectivity index (χ4n) is 1.46. The van der Waals surface area contributed by atoms with Gasteiger partial charge in [0.15, 0.2) is 0 Å². The highest BCUT2D eigenvalue weighted by atomic mass is 32.2. The van der Waals surface area contributed by atoms with Crippen LogP contribution in [0.4, 0.5) is 4.39 Å². The molecule has 1 rings (SSSR count). The predicted molar refractivity (Wildman–Crippen MR) is 84.9 cm³/mol. The minimum Gasteiger partial charge on any atom is -0.395 e. The van der Waals surface area contributed by atoms with Crippen LogP contribution in [0.5, 0.6) is 0 Å². The molecule has 3 nitrogen and oxygen atoms in total. The zero-order valence-electron chi connectivity index (χ0n) is 12.5. The summed E-state index contributed by atoms with van der Waals surface area (Å²) in [6.45, 7) is 4.44. The SMILES string of the molecule is CSC(C)(C)CNC(=O)c1cc(C#CCCO)ccc1F. The van der Waals surface area contributed by atoms with Gasteiger partial charge in [-0.1, -0.05) is 11.8 Å². The highest BCUT2D eigenvalue weighted by Crippen LogP contribution is 2.20. The van der Waals surface area contributed by atoms with Crippen molar-refractivity contribution in [1.82, 2.24) is 5.32 Å². The second-order valence-electron chi connectivity index (χ2n) is 5.12. The summed E-state index contributed by atoms with van der Waals surface area (Å²) in [5.41, 5.74) is 0.543. The van der Waals surface area contributed by atoms with Crippen molar-refractivity contribution in [2.75, 3.05) is 19.4 Å². The van der Waals surface area contributed by atoms with E-state index in [1.807, 2.05) is 20.1 Å². The number of hydrogen-bond donors (Lipinski definition) is 2. The van der Waals surface area contributed by atoms with E-state index in [2.05, 4.69) is 17.2 Å². The monoisotopic (exact) mass is 309 g/mol. The van der Waals surface area contributed by atoms with Crippen molar-refractivity contribution < 1.29 is 14.3 Å². The Morgan fingerprint density at radius 1 is 1.48 bits per heavy atom. The number of halogens is 1. The van der Waals surface area contributed by atoms with E-state index < -0.39 is 11.7 Å². The van der Waals surface area contributed by atoms with Crippen molar-refractivity contribution >= 4 is 17.7 Å². The Kier molecular flexibility index (Phi) is 6.73. The van der Waals surface area contributed by atoms with E-state index in [4.69, 9.17) is 5.11 Å². The second kappa shape index (κ2) is 8.06. The fourth-order valence-corrected chi connectivity index (χ4v) is 1.67. The Balaban J connectivity index is 2.84. The molecule has 0 aliphatic rings. The molecule has 1 amide bonds. The van der Waals surface area contributed by atoms with Crippen LogP contribution < -0.4 is 5.32 Å². The fraction of sp³-hybridized carbons (Fsp3) is 0.438. The molecule has 0 radical (unpaired) electrons. The van der Waals surface area contributed by atoms with Gasteiger partial charge >= 0.3 is 0 Å². The maximum atomic E-state index is 13.8. The topological polar surface area (TPSA) is 49.3 Å². The average Bonchev–Trinajstić information content (AvgIpc) is 2.47. The van der Waals surface area contributed by atoms with Crippen LogP contribution in [0.2, 0.25) is 0 Å². The van der Waals surface area contributed by atoms with Gasteiger partial charge in [0.1, 0.15) is 5.82 Å². The van der Waals surface area contributed by atoms with E-state index >= 15 is 0 Å². The molecular formula is C16H20FNO2S. The van der Waals surface area contributed by atoms with E-state index in [0.717, 1.165) is 0 Å². The van der Waals surface area contributed by atoms with Crippen molar-refractivity contribution in [3.05, 3.63) is 35.1 Å². The number of amides is 1. The van der Waals surface area contributed by atoms with Crippen LogP contribution in [0, 0.1) is 17.7 Å². The van der Waals surface area contributed by atoms with Crippen LogP contribution in [-0.4, -0.2) is 35.2 Å². The Morgan fingerprint density at radius 3 is 2.81 bits per heavy atom. The van der Waals surface area contributed by atoms with E-state index in [0.29, 0.717) is 18.5 Å². The Hall–Kier alpha value is -1.51. The first-order valence-electron chi connectivity index (χ1n) is 6.62. The molecule has 0 spiro atoms. The first-order chi connectivity index (χ1) is 9.89. The lowest BCUT2D eigenvalue weighted by Crippen LogP contribution is -2.36. The van der Waals surface area contributed by atoms with E-state index in [1.54, 1.807) is 11.8 Å². The number of rotatable bonds is 5. The van der Waals surface area contributed by atoms with Gasteiger partial charge in [-0.25, -0.2) is 4.39 Å². The first-order valence-corrected chi connectivity index (χ1v) is 7.85. The molecule has 0 unspecified atom stereocenters. The number of carbonyl (C=O) groups is 1. The highest BCUT2D eigenvalue weighted by Gasteiger charge is 2.19. The Labute approximate surface area is 129 Å². The normalized spacial score (nSPS) is 10.7. The summed E-state index contributed by atoms with van der Waals surface area (Å²) < 4.78 is 13.6. The van der Waals surface area contributed by atoms with Crippen LogP contribution in [0.1, 0.15) is 36.2 Å². The van der Waals surface area contributed by atoms with Gasteiger partial charge in [-0.15, -0.1) is 0 Å². The number of aliphatic hydroxyl groups excluding tert-OH is 1. The zero-order chi connectivity index (χ0) is 15.9. The molecule has 0 aliphatic carbocycles. The maximum Gasteiger partial charge on any atom is 0.254 e. The molecule has 0 fully saturated rings. The number of hydrogen-bond acceptors (Lipinski definition) is 3. The standard InChI is InChI=1S/C16H20FNO2S/c1-16(2,21-3)11-18-15(20)13-10-12(6-4-5-9-19)7-8-14(13)17/h7-8,10,19H,5,9,11H2,1-3H3,(H,18,20). The minimum absolute atomic E-state index is 0.0114. The van der Waals surface area contributed by atoms with E-state index in [1.165, 1.54) is 18.2 Å². The summed E-state index contributed by atoms with van der Waals surface area (Å²) >= 11 is 1.63. The summed E-state index contributed by atoms with van der Waals surface area (Å²) in [7, 11) is 0. The second-order valence-corrected chi connectivity index (χ2v) is 6.63. The van der Waals surface area contributed by atoms with Crippen molar-refractivity contribution in [3.8, 4) is 11.8 Å². The summed E-state index contributed by atoms with van der Waals surface area (Å²) in [5, 5.41) is 11.4. The molecule has 5 heteroatoms. The highest BCUT2D eigenvalue weighted by molar-refractivity contribution is 7.99.